The predicted molar refractivity (Wildman–Crippen MR) is 61.3 cm³/mol. The van der Waals surface area contributed by atoms with Gasteiger partial charge in [0.15, 0.2) is 0 Å². The van der Waals surface area contributed by atoms with Crippen molar-refractivity contribution in [2.45, 2.75) is 12.8 Å². The van der Waals surface area contributed by atoms with Crippen molar-refractivity contribution < 1.29 is 4.92 Å². The lowest BCUT2D eigenvalue weighted by Crippen LogP contribution is -2.42. The van der Waals surface area contributed by atoms with Crippen LogP contribution < -0.4 is 5.32 Å². The molecule has 0 aliphatic carbocycles. The second-order valence-electron chi connectivity index (χ2n) is 3.68. The van der Waals surface area contributed by atoms with Crippen molar-refractivity contribution in [3.05, 3.63) is 39.2 Å². The molecular weight excluding hydrogens is 246 g/mol. The van der Waals surface area contributed by atoms with Crippen molar-refractivity contribution >= 4 is 17.4 Å². The number of halogens is 1. The van der Waals surface area contributed by atoms with Crippen LogP contribution >= 0.6 is 11.6 Å². The van der Waals surface area contributed by atoms with Gasteiger partial charge in [0.1, 0.15) is 11.0 Å². The van der Waals surface area contributed by atoms with E-state index in [9.17, 15) is 10.1 Å². The zero-order valence-corrected chi connectivity index (χ0v) is 9.52. The van der Waals surface area contributed by atoms with Gasteiger partial charge in [-0.15, -0.1) is 0 Å². The fourth-order valence-electron chi connectivity index (χ4n) is 1.65. The third-order valence-corrected chi connectivity index (χ3v) is 2.61. The van der Waals surface area contributed by atoms with E-state index < -0.39 is 11.2 Å². The Morgan fingerprint density at radius 3 is 3.06 bits per heavy atom. The maximum atomic E-state index is 10.8. The first-order chi connectivity index (χ1) is 8.06. The van der Waals surface area contributed by atoms with Crippen molar-refractivity contribution in [2.24, 2.45) is 0 Å². The highest BCUT2D eigenvalue weighted by atomic mass is 35.5. The van der Waals surface area contributed by atoms with E-state index in [0.29, 0.717) is 11.7 Å². The molecule has 1 aliphatic rings. The number of pyridine rings is 1. The van der Waals surface area contributed by atoms with Crippen molar-refractivity contribution in [3.8, 4) is 0 Å². The Labute approximate surface area is 102 Å². The molecule has 8 heteroatoms. The quantitative estimate of drug-likeness (QED) is 0.470. The molecule has 1 fully saturated rings. The lowest BCUT2D eigenvalue weighted by molar-refractivity contribution is -0.551. The van der Waals surface area contributed by atoms with Crippen molar-refractivity contribution in [2.75, 3.05) is 6.54 Å². The summed E-state index contributed by atoms with van der Waals surface area (Å²) in [5, 5.41) is 21.1. The number of nitro groups is 1. The fraction of sp³-hybridized carbons (Fsp3) is 0.333. The second kappa shape index (κ2) is 4.64. The van der Waals surface area contributed by atoms with Gasteiger partial charge in [-0.1, -0.05) is 17.7 Å². The van der Waals surface area contributed by atoms with Crippen LogP contribution in [0.15, 0.2) is 18.3 Å². The molecule has 0 aromatic carbocycles. The van der Waals surface area contributed by atoms with Gasteiger partial charge in [-0.05, 0) is 11.6 Å². The van der Waals surface area contributed by atoms with Gasteiger partial charge in [0.25, 0.3) is 0 Å². The predicted octanol–water partition coefficient (Wildman–Crippen LogP) is 0.678. The fourth-order valence-corrected chi connectivity index (χ4v) is 1.76. The highest BCUT2D eigenvalue weighted by molar-refractivity contribution is 6.29. The van der Waals surface area contributed by atoms with E-state index in [4.69, 9.17) is 17.0 Å². The zero-order valence-electron chi connectivity index (χ0n) is 8.76. The summed E-state index contributed by atoms with van der Waals surface area (Å²) in [4.78, 5) is 15.8. The van der Waals surface area contributed by atoms with Gasteiger partial charge in [0.05, 0.1) is 11.5 Å². The number of hydrogen-bond donors (Lipinski definition) is 2. The number of rotatable bonds is 3. The average molecular weight is 256 g/mol. The molecule has 1 aromatic rings. The molecule has 7 nitrogen and oxygen atoms in total. The zero-order chi connectivity index (χ0) is 12.4. The molecule has 1 unspecified atom stereocenters. The monoisotopic (exact) mass is 255 g/mol. The van der Waals surface area contributed by atoms with Crippen molar-refractivity contribution in [1.82, 2.24) is 15.2 Å². The van der Waals surface area contributed by atoms with Crippen LogP contribution in [0.3, 0.4) is 0 Å². The van der Waals surface area contributed by atoms with Gasteiger partial charge in [-0.3, -0.25) is 20.8 Å². The van der Waals surface area contributed by atoms with E-state index in [0.717, 1.165) is 5.56 Å². The van der Waals surface area contributed by atoms with Gasteiger partial charge < -0.3 is 0 Å². The van der Waals surface area contributed by atoms with Crippen LogP contribution in [0.25, 0.3) is 0 Å². The Morgan fingerprint density at radius 2 is 2.47 bits per heavy atom. The van der Waals surface area contributed by atoms with Crippen molar-refractivity contribution in [1.29, 1.82) is 5.41 Å². The van der Waals surface area contributed by atoms with E-state index in [1.54, 1.807) is 23.2 Å². The smallest absolute Gasteiger partial charge is 0.297 e. The highest BCUT2D eigenvalue weighted by Gasteiger charge is 2.36. The van der Waals surface area contributed by atoms with Crippen LogP contribution in [0.2, 0.25) is 5.15 Å². The Hall–Kier alpha value is -1.73. The third-order valence-electron chi connectivity index (χ3n) is 2.38. The van der Waals surface area contributed by atoms with Gasteiger partial charge in [-0.25, -0.2) is 9.88 Å². The molecule has 17 heavy (non-hydrogen) atoms. The number of amidine groups is 1. The standard InChI is InChI=1S/C9H10ClN5O2/c10-7-2-1-6(3-12-7)4-14-5-8(11)13-9(14)15(16)17/h1-3,9H,4-5H2,(H2,11,13). The van der Waals surface area contributed by atoms with Crippen LogP contribution in [0.5, 0.6) is 0 Å². The first-order valence-electron chi connectivity index (χ1n) is 4.88. The van der Waals surface area contributed by atoms with E-state index in [1.807, 2.05) is 0 Å². The summed E-state index contributed by atoms with van der Waals surface area (Å²) in [7, 11) is 0. The maximum absolute atomic E-state index is 10.8. The lowest BCUT2D eigenvalue weighted by Gasteiger charge is -2.15. The van der Waals surface area contributed by atoms with Crippen LogP contribution in [-0.2, 0) is 6.54 Å². The van der Waals surface area contributed by atoms with Crippen LogP contribution in [0.1, 0.15) is 5.56 Å². The van der Waals surface area contributed by atoms with E-state index in [2.05, 4.69) is 10.3 Å². The van der Waals surface area contributed by atoms with E-state index in [-0.39, 0.29) is 12.4 Å². The molecule has 1 atom stereocenters. The summed E-state index contributed by atoms with van der Waals surface area (Å²) in [6, 6.07) is 3.39. The van der Waals surface area contributed by atoms with Crippen molar-refractivity contribution in [3.63, 3.8) is 0 Å². The summed E-state index contributed by atoms with van der Waals surface area (Å²) >= 11 is 5.65. The SMILES string of the molecule is N=C1CN(Cc2ccc(Cl)nc2)C([N+](=O)[O-])N1. The molecule has 2 rings (SSSR count). The number of nitrogens with one attached hydrogen (secondary N) is 2. The summed E-state index contributed by atoms with van der Waals surface area (Å²) in [5.41, 5.74) is 0.817. The largest absolute Gasteiger partial charge is 0.347 e. The van der Waals surface area contributed by atoms with Crippen LogP contribution in [0.4, 0.5) is 0 Å². The van der Waals surface area contributed by atoms with Gasteiger partial charge >= 0.3 is 6.29 Å². The summed E-state index contributed by atoms with van der Waals surface area (Å²) in [5.74, 6) is 0.147. The van der Waals surface area contributed by atoms with E-state index in [1.165, 1.54) is 0 Å². The molecule has 1 saturated heterocycles. The summed E-state index contributed by atoms with van der Waals surface area (Å²) in [6.45, 7) is 0.583. The van der Waals surface area contributed by atoms with E-state index >= 15 is 0 Å². The van der Waals surface area contributed by atoms with Gasteiger partial charge in [-0.2, -0.15) is 0 Å². The Morgan fingerprint density at radius 1 is 1.71 bits per heavy atom. The second-order valence-corrected chi connectivity index (χ2v) is 4.06. The summed E-state index contributed by atoms with van der Waals surface area (Å²) in [6.07, 6.45) is 0.527. The molecule has 0 saturated carbocycles. The van der Waals surface area contributed by atoms with Crippen LogP contribution in [0, 0.1) is 15.5 Å². The average Bonchev–Trinajstić information content (AvgIpc) is 2.63. The van der Waals surface area contributed by atoms with Crippen LogP contribution in [-0.4, -0.2) is 33.5 Å². The molecule has 0 spiro atoms. The first-order valence-corrected chi connectivity index (χ1v) is 5.26. The maximum Gasteiger partial charge on any atom is 0.347 e. The number of nitrogens with zero attached hydrogens (tertiary/aromatic N) is 3. The minimum absolute atomic E-state index is 0.147. The highest BCUT2D eigenvalue weighted by Crippen LogP contribution is 2.12. The molecule has 1 aromatic heterocycles. The molecule has 0 amide bonds. The molecule has 2 N–H and O–H groups in total. The minimum atomic E-state index is -1.04. The first kappa shape index (κ1) is 11.7. The third kappa shape index (κ3) is 2.69. The number of hydrogen-bond acceptors (Lipinski definition) is 5. The Bertz CT molecular complexity index is 449. The van der Waals surface area contributed by atoms with Gasteiger partial charge in [0, 0.05) is 12.7 Å². The molecule has 1 aliphatic heterocycles. The molecule has 90 valence electrons. The molecule has 0 bridgehead atoms. The topological polar surface area (TPSA) is 95.2 Å². The molecule has 0 radical (unpaired) electrons. The normalized spacial score (nSPS) is 20.3. The lowest BCUT2D eigenvalue weighted by atomic mass is 10.3. The Kier molecular flexibility index (Phi) is 3.21. The van der Waals surface area contributed by atoms with Gasteiger partial charge in [0.2, 0.25) is 0 Å². The summed E-state index contributed by atoms with van der Waals surface area (Å²) < 4.78 is 0. The number of aromatic nitrogens is 1. The Balaban J connectivity index is 2.09. The molecular formula is C9H10ClN5O2. The molecule has 2 heterocycles. The minimum Gasteiger partial charge on any atom is -0.297 e.